The number of aliphatic hydroxyl groups excluding tert-OH is 1. The summed E-state index contributed by atoms with van der Waals surface area (Å²) in [4.78, 5) is 0. The van der Waals surface area contributed by atoms with E-state index < -0.39 is 0 Å². The second kappa shape index (κ2) is 6.25. The van der Waals surface area contributed by atoms with Gasteiger partial charge >= 0.3 is 0 Å². The fourth-order valence-corrected chi connectivity index (χ4v) is 1.60. The molecule has 0 fully saturated rings. The van der Waals surface area contributed by atoms with Gasteiger partial charge in [-0.05, 0) is 50.2 Å². The van der Waals surface area contributed by atoms with Crippen molar-refractivity contribution in [1.82, 2.24) is 0 Å². The first kappa shape index (κ1) is 13.4. The zero-order valence-corrected chi connectivity index (χ0v) is 11.2. The van der Waals surface area contributed by atoms with E-state index in [-0.39, 0.29) is 12.7 Å². The summed E-state index contributed by atoms with van der Waals surface area (Å²) in [5.74, 6) is 2.29. The zero-order chi connectivity index (χ0) is 13.7. The molecule has 3 nitrogen and oxygen atoms in total. The standard InChI is InChI=1S/C16H18O3/c1-12-3-5-15(6-4-12)19-16-9-7-14(8-10-16)18-13(2)11-17/h3-10,13,17H,11H2,1-2H3. The molecule has 100 valence electrons. The molecule has 0 spiro atoms. The number of aliphatic hydroxyl groups is 1. The molecule has 1 unspecified atom stereocenters. The van der Waals surface area contributed by atoms with Crippen molar-refractivity contribution in [2.75, 3.05) is 6.61 Å². The fourth-order valence-electron chi connectivity index (χ4n) is 1.60. The van der Waals surface area contributed by atoms with Crippen LogP contribution >= 0.6 is 0 Å². The molecular formula is C16H18O3. The first-order chi connectivity index (χ1) is 9.17. The Morgan fingerprint density at radius 2 is 1.37 bits per heavy atom. The average Bonchev–Trinajstić information content (AvgIpc) is 2.43. The highest BCUT2D eigenvalue weighted by molar-refractivity contribution is 5.36. The van der Waals surface area contributed by atoms with Gasteiger partial charge < -0.3 is 14.6 Å². The monoisotopic (exact) mass is 258 g/mol. The van der Waals surface area contributed by atoms with Gasteiger partial charge in [0.2, 0.25) is 0 Å². The molecule has 0 radical (unpaired) electrons. The molecule has 0 amide bonds. The van der Waals surface area contributed by atoms with Gasteiger partial charge in [0.15, 0.2) is 0 Å². The molecule has 0 saturated heterocycles. The lowest BCUT2D eigenvalue weighted by atomic mass is 10.2. The highest BCUT2D eigenvalue weighted by Crippen LogP contribution is 2.24. The summed E-state index contributed by atoms with van der Waals surface area (Å²) < 4.78 is 11.2. The van der Waals surface area contributed by atoms with Crippen LogP contribution in [0.3, 0.4) is 0 Å². The van der Waals surface area contributed by atoms with E-state index in [9.17, 15) is 0 Å². The molecule has 0 saturated carbocycles. The predicted molar refractivity (Wildman–Crippen MR) is 74.9 cm³/mol. The van der Waals surface area contributed by atoms with Crippen molar-refractivity contribution in [3.8, 4) is 17.2 Å². The molecule has 0 aliphatic rings. The highest BCUT2D eigenvalue weighted by atomic mass is 16.5. The maximum Gasteiger partial charge on any atom is 0.127 e. The molecule has 2 aromatic rings. The van der Waals surface area contributed by atoms with E-state index in [1.165, 1.54) is 5.56 Å². The summed E-state index contributed by atoms with van der Waals surface area (Å²) >= 11 is 0. The van der Waals surface area contributed by atoms with Crippen LogP contribution in [0, 0.1) is 6.92 Å². The highest BCUT2D eigenvalue weighted by Gasteiger charge is 2.02. The Morgan fingerprint density at radius 3 is 1.89 bits per heavy atom. The molecule has 1 atom stereocenters. The number of rotatable bonds is 5. The molecule has 2 rings (SSSR count). The van der Waals surface area contributed by atoms with Crippen molar-refractivity contribution in [1.29, 1.82) is 0 Å². The van der Waals surface area contributed by atoms with Crippen LogP contribution < -0.4 is 9.47 Å². The summed E-state index contributed by atoms with van der Waals surface area (Å²) in [5, 5.41) is 8.92. The van der Waals surface area contributed by atoms with E-state index in [2.05, 4.69) is 0 Å². The third-order valence-electron chi connectivity index (χ3n) is 2.67. The maximum absolute atomic E-state index is 8.92. The van der Waals surface area contributed by atoms with E-state index in [0.29, 0.717) is 0 Å². The molecule has 2 aromatic carbocycles. The van der Waals surface area contributed by atoms with Gasteiger partial charge in [-0.15, -0.1) is 0 Å². The molecule has 1 N–H and O–H groups in total. The lowest BCUT2D eigenvalue weighted by Crippen LogP contribution is -2.15. The van der Waals surface area contributed by atoms with Crippen LogP contribution in [0.25, 0.3) is 0 Å². The molecule has 0 aliphatic carbocycles. The van der Waals surface area contributed by atoms with Crippen molar-refractivity contribution < 1.29 is 14.6 Å². The summed E-state index contributed by atoms with van der Waals surface area (Å²) in [6.07, 6.45) is -0.205. The van der Waals surface area contributed by atoms with Crippen LogP contribution in [-0.2, 0) is 0 Å². The van der Waals surface area contributed by atoms with Gasteiger partial charge in [0.05, 0.1) is 6.61 Å². The third-order valence-corrected chi connectivity index (χ3v) is 2.67. The number of ether oxygens (including phenoxy) is 2. The van der Waals surface area contributed by atoms with Crippen molar-refractivity contribution in [2.45, 2.75) is 20.0 Å². The third kappa shape index (κ3) is 4.00. The van der Waals surface area contributed by atoms with Gasteiger partial charge in [-0.25, -0.2) is 0 Å². The minimum atomic E-state index is -0.205. The molecular weight excluding hydrogens is 240 g/mol. The van der Waals surface area contributed by atoms with Crippen molar-refractivity contribution in [3.05, 3.63) is 54.1 Å². The van der Waals surface area contributed by atoms with E-state index in [1.807, 2.05) is 62.4 Å². The summed E-state index contributed by atoms with van der Waals surface area (Å²) in [6, 6.07) is 15.2. The minimum absolute atomic E-state index is 0.00161. The molecule has 0 aromatic heterocycles. The van der Waals surface area contributed by atoms with Crippen LogP contribution in [0.2, 0.25) is 0 Å². The minimum Gasteiger partial charge on any atom is -0.488 e. The smallest absolute Gasteiger partial charge is 0.127 e. The zero-order valence-electron chi connectivity index (χ0n) is 11.2. The number of benzene rings is 2. The van der Waals surface area contributed by atoms with Gasteiger partial charge in [0.25, 0.3) is 0 Å². The van der Waals surface area contributed by atoms with Crippen molar-refractivity contribution in [3.63, 3.8) is 0 Å². The first-order valence-electron chi connectivity index (χ1n) is 6.29. The Morgan fingerprint density at radius 1 is 0.895 bits per heavy atom. The Labute approximate surface area is 113 Å². The Kier molecular flexibility index (Phi) is 4.42. The Balaban J connectivity index is 2.00. The second-order valence-electron chi connectivity index (χ2n) is 4.50. The number of hydrogen-bond donors (Lipinski definition) is 1. The summed E-state index contributed by atoms with van der Waals surface area (Å²) in [5.41, 5.74) is 1.20. The van der Waals surface area contributed by atoms with Crippen LogP contribution in [0.5, 0.6) is 17.2 Å². The van der Waals surface area contributed by atoms with Gasteiger partial charge in [0, 0.05) is 0 Å². The van der Waals surface area contributed by atoms with Crippen molar-refractivity contribution in [2.24, 2.45) is 0 Å². The molecule has 0 aliphatic heterocycles. The molecule has 3 heteroatoms. The first-order valence-corrected chi connectivity index (χ1v) is 6.29. The number of hydrogen-bond acceptors (Lipinski definition) is 3. The topological polar surface area (TPSA) is 38.7 Å². The Bertz CT molecular complexity index is 503. The largest absolute Gasteiger partial charge is 0.488 e. The van der Waals surface area contributed by atoms with Gasteiger partial charge in [-0.2, -0.15) is 0 Å². The molecule has 0 heterocycles. The summed E-state index contributed by atoms with van der Waals surface area (Å²) in [6.45, 7) is 3.86. The van der Waals surface area contributed by atoms with E-state index in [1.54, 1.807) is 0 Å². The normalized spacial score (nSPS) is 11.9. The number of aryl methyl sites for hydroxylation is 1. The quantitative estimate of drug-likeness (QED) is 0.891. The van der Waals surface area contributed by atoms with E-state index in [0.717, 1.165) is 17.2 Å². The van der Waals surface area contributed by atoms with Gasteiger partial charge in [-0.1, -0.05) is 17.7 Å². The predicted octanol–water partition coefficient (Wildman–Crippen LogP) is 3.55. The molecule has 0 bridgehead atoms. The second-order valence-corrected chi connectivity index (χ2v) is 4.50. The SMILES string of the molecule is Cc1ccc(Oc2ccc(OC(C)CO)cc2)cc1. The van der Waals surface area contributed by atoms with Crippen LogP contribution in [0.15, 0.2) is 48.5 Å². The van der Waals surface area contributed by atoms with Gasteiger partial charge in [0.1, 0.15) is 23.4 Å². The van der Waals surface area contributed by atoms with E-state index in [4.69, 9.17) is 14.6 Å². The van der Waals surface area contributed by atoms with E-state index >= 15 is 0 Å². The van der Waals surface area contributed by atoms with Crippen molar-refractivity contribution >= 4 is 0 Å². The maximum atomic E-state index is 8.92. The Hall–Kier alpha value is -2.00. The lowest BCUT2D eigenvalue weighted by molar-refractivity contribution is 0.129. The summed E-state index contributed by atoms with van der Waals surface area (Å²) in [7, 11) is 0. The van der Waals surface area contributed by atoms with Crippen LogP contribution in [0.1, 0.15) is 12.5 Å². The van der Waals surface area contributed by atoms with Crippen LogP contribution in [0.4, 0.5) is 0 Å². The fraction of sp³-hybridized carbons (Fsp3) is 0.250. The molecule has 19 heavy (non-hydrogen) atoms. The lowest BCUT2D eigenvalue weighted by Gasteiger charge is -2.12. The van der Waals surface area contributed by atoms with Crippen LogP contribution in [-0.4, -0.2) is 17.8 Å². The van der Waals surface area contributed by atoms with Gasteiger partial charge in [-0.3, -0.25) is 0 Å². The average molecular weight is 258 g/mol.